The number of halogens is 2. The Morgan fingerprint density at radius 3 is 2.28 bits per heavy atom. The van der Waals surface area contributed by atoms with Gasteiger partial charge in [-0.05, 0) is 55.2 Å². The van der Waals surface area contributed by atoms with Crippen LogP contribution < -0.4 is 10.1 Å². The lowest BCUT2D eigenvalue weighted by atomic mass is 10.0. The minimum Gasteiger partial charge on any atom is -0.483 e. The molecule has 1 atom stereocenters. The van der Waals surface area contributed by atoms with E-state index in [1.165, 1.54) is 4.90 Å². The van der Waals surface area contributed by atoms with Gasteiger partial charge in [-0.2, -0.15) is 0 Å². The van der Waals surface area contributed by atoms with Gasteiger partial charge in [0.2, 0.25) is 5.91 Å². The van der Waals surface area contributed by atoms with Gasteiger partial charge in [-0.15, -0.1) is 0 Å². The summed E-state index contributed by atoms with van der Waals surface area (Å²) in [6.45, 7) is 6.29. The first-order valence-electron chi connectivity index (χ1n) is 12.0. The summed E-state index contributed by atoms with van der Waals surface area (Å²) in [4.78, 5) is 28.6. The fourth-order valence-corrected chi connectivity index (χ4v) is 4.39. The maximum Gasteiger partial charge on any atom is 0.261 e. The normalized spacial score (nSPS) is 11.6. The summed E-state index contributed by atoms with van der Waals surface area (Å²) in [5.74, 6) is 0.0672. The fourth-order valence-electron chi connectivity index (χ4n) is 3.88. The molecule has 0 spiro atoms. The fraction of sp³-hybridized carbons (Fsp3) is 0.310. The van der Waals surface area contributed by atoms with E-state index in [0.717, 1.165) is 23.1 Å². The van der Waals surface area contributed by atoms with Gasteiger partial charge in [-0.25, -0.2) is 0 Å². The molecule has 36 heavy (non-hydrogen) atoms. The zero-order valence-corrected chi connectivity index (χ0v) is 22.4. The third-order valence-electron chi connectivity index (χ3n) is 6.12. The van der Waals surface area contributed by atoms with Gasteiger partial charge in [-0.1, -0.05) is 78.7 Å². The molecule has 1 unspecified atom stereocenters. The standard InChI is InChI=1S/C29H32Cl2N2O3/c1-4-16-32-29(35)26(17-22-11-6-5-7-12-22)33(18-23-24(30)13-9-14-25(23)31)28(34)19-36-27-15-8-10-20(2)21(27)3/h5-15,26H,4,16-19H2,1-3H3,(H,32,35). The van der Waals surface area contributed by atoms with Crippen LogP contribution in [0.5, 0.6) is 5.75 Å². The van der Waals surface area contributed by atoms with Crippen LogP contribution in [-0.2, 0) is 22.6 Å². The number of hydrogen-bond acceptors (Lipinski definition) is 3. The molecule has 3 rings (SSSR count). The highest BCUT2D eigenvalue weighted by Gasteiger charge is 2.31. The molecule has 3 aromatic rings. The summed E-state index contributed by atoms with van der Waals surface area (Å²) in [6, 6.07) is 19.8. The van der Waals surface area contributed by atoms with Crippen LogP contribution in [0.1, 0.15) is 35.6 Å². The number of nitrogens with zero attached hydrogens (tertiary/aromatic N) is 1. The van der Waals surface area contributed by atoms with Gasteiger partial charge in [0.05, 0.1) is 0 Å². The van der Waals surface area contributed by atoms with Crippen molar-refractivity contribution in [2.45, 2.75) is 46.2 Å². The molecule has 0 fully saturated rings. The Hall–Kier alpha value is -3.02. The topological polar surface area (TPSA) is 58.6 Å². The van der Waals surface area contributed by atoms with Crippen LogP contribution in [0.3, 0.4) is 0 Å². The van der Waals surface area contributed by atoms with Crippen molar-refractivity contribution in [3.8, 4) is 5.75 Å². The molecular weight excluding hydrogens is 495 g/mol. The van der Waals surface area contributed by atoms with Gasteiger partial charge in [0.1, 0.15) is 11.8 Å². The molecule has 1 N–H and O–H groups in total. The van der Waals surface area contributed by atoms with E-state index in [9.17, 15) is 9.59 Å². The Kier molecular flexibility index (Phi) is 10.2. The molecule has 190 valence electrons. The van der Waals surface area contributed by atoms with Crippen molar-refractivity contribution in [2.24, 2.45) is 0 Å². The van der Waals surface area contributed by atoms with E-state index in [1.54, 1.807) is 18.2 Å². The Balaban J connectivity index is 1.96. The van der Waals surface area contributed by atoms with Crippen LogP contribution >= 0.6 is 23.2 Å². The van der Waals surface area contributed by atoms with Crippen LogP contribution in [0.4, 0.5) is 0 Å². The van der Waals surface area contributed by atoms with E-state index in [2.05, 4.69) is 5.32 Å². The van der Waals surface area contributed by atoms with Gasteiger partial charge in [0.25, 0.3) is 5.91 Å². The van der Waals surface area contributed by atoms with E-state index in [4.69, 9.17) is 27.9 Å². The number of rotatable bonds is 11. The monoisotopic (exact) mass is 526 g/mol. The van der Waals surface area contributed by atoms with E-state index >= 15 is 0 Å². The largest absolute Gasteiger partial charge is 0.483 e. The van der Waals surface area contributed by atoms with Gasteiger partial charge >= 0.3 is 0 Å². The van der Waals surface area contributed by atoms with Gasteiger partial charge in [-0.3, -0.25) is 9.59 Å². The summed E-state index contributed by atoms with van der Waals surface area (Å²) in [7, 11) is 0. The first-order chi connectivity index (χ1) is 17.3. The highest BCUT2D eigenvalue weighted by atomic mass is 35.5. The minimum absolute atomic E-state index is 0.0740. The first-order valence-corrected chi connectivity index (χ1v) is 12.8. The van der Waals surface area contributed by atoms with Crippen molar-refractivity contribution in [3.05, 3.63) is 99.0 Å². The second-order valence-electron chi connectivity index (χ2n) is 8.71. The van der Waals surface area contributed by atoms with Gasteiger partial charge < -0.3 is 15.0 Å². The van der Waals surface area contributed by atoms with Gasteiger partial charge in [0, 0.05) is 35.1 Å². The molecule has 0 bridgehead atoms. The Labute approximate surface area is 223 Å². The minimum atomic E-state index is -0.777. The van der Waals surface area contributed by atoms with E-state index in [1.807, 2.05) is 69.3 Å². The third kappa shape index (κ3) is 7.25. The maximum absolute atomic E-state index is 13.7. The zero-order valence-electron chi connectivity index (χ0n) is 20.9. The quantitative estimate of drug-likeness (QED) is 0.325. The van der Waals surface area contributed by atoms with E-state index < -0.39 is 6.04 Å². The van der Waals surface area contributed by atoms with Crippen LogP contribution in [-0.4, -0.2) is 35.9 Å². The number of benzene rings is 3. The molecule has 0 aliphatic rings. The molecule has 0 aliphatic heterocycles. The lowest BCUT2D eigenvalue weighted by Gasteiger charge is -2.32. The number of carbonyl (C=O) groups excluding carboxylic acids is 2. The molecule has 0 aliphatic carbocycles. The number of ether oxygens (including phenoxy) is 1. The molecule has 0 radical (unpaired) electrons. The Morgan fingerprint density at radius 2 is 1.61 bits per heavy atom. The number of amides is 2. The van der Waals surface area contributed by atoms with Crippen molar-refractivity contribution < 1.29 is 14.3 Å². The molecule has 5 nitrogen and oxygen atoms in total. The molecule has 7 heteroatoms. The smallest absolute Gasteiger partial charge is 0.261 e. The summed E-state index contributed by atoms with van der Waals surface area (Å²) >= 11 is 12.9. The highest BCUT2D eigenvalue weighted by molar-refractivity contribution is 6.36. The van der Waals surface area contributed by atoms with Gasteiger partial charge in [0.15, 0.2) is 6.61 Å². The van der Waals surface area contributed by atoms with Crippen molar-refractivity contribution in [1.82, 2.24) is 10.2 Å². The molecule has 2 amide bonds. The van der Waals surface area contributed by atoms with E-state index in [0.29, 0.717) is 34.3 Å². The predicted octanol–water partition coefficient (Wildman–Crippen LogP) is 6.16. The summed E-state index contributed by atoms with van der Waals surface area (Å²) in [5.41, 5.74) is 3.56. The second kappa shape index (κ2) is 13.3. The van der Waals surface area contributed by atoms with Crippen molar-refractivity contribution >= 4 is 35.0 Å². The van der Waals surface area contributed by atoms with Crippen LogP contribution in [0.25, 0.3) is 0 Å². The molecule has 0 aromatic heterocycles. The molecule has 3 aromatic carbocycles. The summed E-state index contributed by atoms with van der Waals surface area (Å²) < 4.78 is 5.93. The number of hydrogen-bond donors (Lipinski definition) is 1. The summed E-state index contributed by atoms with van der Waals surface area (Å²) in [6.07, 6.45) is 1.12. The molecular formula is C29H32Cl2N2O3. The highest BCUT2D eigenvalue weighted by Crippen LogP contribution is 2.27. The summed E-state index contributed by atoms with van der Waals surface area (Å²) in [5, 5.41) is 3.82. The zero-order chi connectivity index (χ0) is 26.1. The SMILES string of the molecule is CCCNC(=O)C(Cc1ccccc1)N(Cc1c(Cl)cccc1Cl)C(=O)COc1cccc(C)c1C. The number of carbonyl (C=O) groups is 2. The van der Waals surface area contributed by atoms with Crippen LogP contribution in [0, 0.1) is 13.8 Å². The molecule has 0 saturated carbocycles. The Bertz CT molecular complexity index is 1160. The number of aryl methyl sites for hydroxylation is 1. The van der Waals surface area contributed by atoms with E-state index in [-0.39, 0.29) is 25.0 Å². The molecule has 0 heterocycles. The molecule has 0 saturated heterocycles. The average Bonchev–Trinajstić information content (AvgIpc) is 2.87. The third-order valence-corrected chi connectivity index (χ3v) is 6.82. The maximum atomic E-state index is 13.7. The lowest BCUT2D eigenvalue weighted by molar-refractivity contribution is -0.142. The van der Waals surface area contributed by atoms with Crippen molar-refractivity contribution in [1.29, 1.82) is 0 Å². The second-order valence-corrected chi connectivity index (χ2v) is 9.52. The lowest BCUT2D eigenvalue weighted by Crippen LogP contribution is -2.51. The van der Waals surface area contributed by atoms with Crippen LogP contribution in [0.15, 0.2) is 66.7 Å². The van der Waals surface area contributed by atoms with Crippen LogP contribution in [0.2, 0.25) is 10.0 Å². The van der Waals surface area contributed by atoms with Crippen molar-refractivity contribution in [2.75, 3.05) is 13.2 Å². The first kappa shape index (κ1) is 27.6. The average molecular weight is 527 g/mol. The number of nitrogens with one attached hydrogen (secondary N) is 1. The van der Waals surface area contributed by atoms with Crippen molar-refractivity contribution in [3.63, 3.8) is 0 Å². The Morgan fingerprint density at radius 1 is 0.944 bits per heavy atom. The predicted molar refractivity (Wildman–Crippen MR) is 146 cm³/mol.